The summed E-state index contributed by atoms with van der Waals surface area (Å²) in [7, 11) is 2.03. The minimum Gasteiger partial charge on any atom is -0.394 e. The number of aliphatic hydroxyl groups is 1. The molecule has 8 nitrogen and oxygen atoms in total. The van der Waals surface area contributed by atoms with E-state index in [1.807, 2.05) is 26.1 Å². The lowest BCUT2D eigenvalue weighted by Crippen LogP contribution is -2.47. The Kier molecular flexibility index (Phi) is 9.52. The van der Waals surface area contributed by atoms with Crippen molar-refractivity contribution < 1.29 is 14.6 Å². The number of carbonyl (C=O) groups excluding carboxylic acids is 1. The topological polar surface area (TPSA) is 83.7 Å². The van der Waals surface area contributed by atoms with E-state index >= 15 is 0 Å². The molecular weight excluding hydrogens is 465 g/mol. The number of fused-ring (bicyclic) bond motifs is 1. The molecule has 3 rings (SSSR count). The summed E-state index contributed by atoms with van der Waals surface area (Å²) in [5.41, 5.74) is 1.95. The van der Waals surface area contributed by atoms with Crippen LogP contribution in [-0.4, -0.2) is 74.7 Å². The molecule has 2 heterocycles. The molecule has 0 unspecified atom stereocenters. The number of amides is 1. The smallest absolute Gasteiger partial charge is 0.222 e. The lowest BCUT2D eigenvalue weighted by atomic mass is 10.0. The summed E-state index contributed by atoms with van der Waals surface area (Å²) < 4.78 is 8.17. The Morgan fingerprint density at radius 2 is 2.12 bits per heavy atom. The number of likely N-dealkylation sites (N-methyl/N-ethyl adjacent to an activating group) is 1. The summed E-state index contributed by atoms with van der Waals surface area (Å²) in [6, 6.07) is 5.39. The molecule has 10 heteroatoms. The summed E-state index contributed by atoms with van der Waals surface area (Å²) in [6.07, 6.45) is 2.63. The molecule has 0 aliphatic carbocycles. The number of halogens is 2. The Balaban J connectivity index is 1.77. The highest BCUT2D eigenvalue weighted by molar-refractivity contribution is 6.42. The van der Waals surface area contributed by atoms with E-state index in [2.05, 4.69) is 22.1 Å². The Bertz CT molecular complexity index is 925. The summed E-state index contributed by atoms with van der Waals surface area (Å²) in [4.78, 5) is 16.9. The first-order valence-electron chi connectivity index (χ1n) is 11.3. The molecule has 0 saturated heterocycles. The fraction of sp³-hybridized carbons (Fsp3) is 0.609. The zero-order chi connectivity index (χ0) is 24.0. The maximum Gasteiger partial charge on any atom is 0.222 e. The van der Waals surface area contributed by atoms with Crippen LogP contribution in [0.4, 0.5) is 0 Å². The van der Waals surface area contributed by atoms with Gasteiger partial charge in [0, 0.05) is 38.5 Å². The van der Waals surface area contributed by atoms with Gasteiger partial charge < -0.3 is 14.7 Å². The molecule has 0 radical (unpaired) electrons. The van der Waals surface area contributed by atoms with Crippen molar-refractivity contribution in [1.29, 1.82) is 0 Å². The maximum atomic E-state index is 13.0. The minimum absolute atomic E-state index is 0.0357. The first-order valence-corrected chi connectivity index (χ1v) is 12.1. The van der Waals surface area contributed by atoms with Crippen LogP contribution in [0.5, 0.6) is 0 Å². The van der Waals surface area contributed by atoms with Crippen LogP contribution < -0.4 is 0 Å². The van der Waals surface area contributed by atoms with Crippen LogP contribution in [0.3, 0.4) is 0 Å². The number of rotatable bonds is 6. The lowest BCUT2D eigenvalue weighted by molar-refractivity contribution is -0.136. The first-order chi connectivity index (χ1) is 15.8. The minimum atomic E-state index is -0.251. The van der Waals surface area contributed by atoms with Gasteiger partial charge in [0.15, 0.2) is 0 Å². The van der Waals surface area contributed by atoms with Crippen LogP contribution in [0.15, 0.2) is 24.4 Å². The standard InChI is InChI=1S/C23H33Cl2N5O3/c1-16-11-29(17(2)14-31)23(32)5-4-8-30-19(10-26-27-30)15-33-22(16)13-28(3)12-18-6-7-20(24)21(25)9-18/h6-7,9-10,16-17,22,31H,4-5,8,11-15H2,1-3H3/t16-,17+,22-/m1/s1. The van der Waals surface area contributed by atoms with Crippen molar-refractivity contribution in [2.75, 3.05) is 26.7 Å². The van der Waals surface area contributed by atoms with Crippen molar-refractivity contribution >= 4 is 29.1 Å². The number of aryl methyl sites for hydroxylation is 1. The highest BCUT2D eigenvalue weighted by atomic mass is 35.5. The molecule has 1 amide bonds. The van der Waals surface area contributed by atoms with Crippen molar-refractivity contribution in [2.24, 2.45) is 5.92 Å². The quantitative estimate of drug-likeness (QED) is 0.659. The predicted octanol–water partition coefficient (Wildman–Crippen LogP) is 3.24. The van der Waals surface area contributed by atoms with Crippen molar-refractivity contribution in [3.05, 3.63) is 45.7 Å². The fourth-order valence-corrected chi connectivity index (χ4v) is 4.39. The molecule has 1 aliphatic rings. The molecule has 182 valence electrons. The average Bonchev–Trinajstić information content (AvgIpc) is 3.23. The van der Waals surface area contributed by atoms with Crippen LogP contribution >= 0.6 is 23.2 Å². The number of nitrogens with zero attached hydrogens (tertiary/aromatic N) is 5. The second-order valence-electron chi connectivity index (χ2n) is 8.90. The molecule has 0 bridgehead atoms. The Labute approximate surface area is 205 Å². The molecule has 0 spiro atoms. The second kappa shape index (κ2) is 12.1. The van der Waals surface area contributed by atoms with Gasteiger partial charge in [-0.2, -0.15) is 0 Å². The molecule has 0 saturated carbocycles. The molecule has 1 aromatic carbocycles. The van der Waals surface area contributed by atoms with Crippen LogP contribution in [0.25, 0.3) is 0 Å². The van der Waals surface area contributed by atoms with Gasteiger partial charge in [-0.1, -0.05) is 41.4 Å². The zero-order valence-electron chi connectivity index (χ0n) is 19.5. The molecule has 1 N–H and O–H groups in total. The highest BCUT2D eigenvalue weighted by Crippen LogP contribution is 2.24. The van der Waals surface area contributed by atoms with Gasteiger partial charge in [-0.05, 0) is 38.1 Å². The molecule has 3 atom stereocenters. The van der Waals surface area contributed by atoms with Crippen molar-refractivity contribution in [3.8, 4) is 0 Å². The summed E-state index contributed by atoms with van der Waals surface area (Å²) in [6.45, 7) is 6.73. The molecule has 1 aliphatic heterocycles. The number of benzene rings is 1. The zero-order valence-corrected chi connectivity index (χ0v) is 21.0. The van der Waals surface area contributed by atoms with E-state index in [0.29, 0.717) is 55.7 Å². The van der Waals surface area contributed by atoms with Gasteiger partial charge in [0.05, 0.1) is 47.3 Å². The average molecular weight is 498 g/mol. The van der Waals surface area contributed by atoms with E-state index in [-0.39, 0.29) is 30.6 Å². The molecule has 33 heavy (non-hydrogen) atoms. The highest BCUT2D eigenvalue weighted by Gasteiger charge is 2.28. The van der Waals surface area contributed by atoms with Gasteiger partial charge in [0.1, 0.15) is 0 Å². The summed E-state index contributed by atoms with van der Waals surface area (Å²) in [5.74, 6) is 0.0801. The van der Waals surface area contributed by atoms with Crippen molar-refractivity contribution in [3.63, 3.8) is 0 Å². The predicted molar refractivity (Wildman–Crippen MR) is 128 cm³/mol. The van der Waals surface area contributed by atoms with Gasteiger partial charge in [-0.3, -0.25) is 9.69 Å². The largest absolute Gasteiger partial charge is 0.394 e. The Morgan fingerprint density at radius 1 is 1.33 bits per heavy atom. The maximum absolute atomic E-state index is 13.0. The first kappa shape index (κ1) is 25.9. The van der Waals surface area contributed by atoms with E-state index in [1.54, 1.807) is 21.8 Å². The summed E-state index contributed by atoms with van der Waals surface area (Å²) in [5, 5.41) is 19.0. The van der Waals surface area contributed by atoms with Gasteiger partial charge >= 0.3 is 0 Å². The third-order valence-electron chi connectivity index (χ3n) is 6.07. The van der Waals surface area contributed by atoms with Gasteiger partial charge in [-0.25, -0.2) is 4.68 Å². The molecule has 0 fully saturated rings. The van der Waals surface area contributed by atoms with Crippen molar-refractivity contribution in [1.82, 2.24) is 24.8 Å². The lowest BCUT2D eigenvalue weighted by Gasteiger charge is -2.35. The van der Waals surface area contributed by atoms with E-state index < -0.39 is 0 Å². The summed E-state index contributed by atoms with van der Waals surface area (Å²) >= 11 is 12.2. The van der Waals surface area contributed by atoms with Crippen LogP contribution in [0.2, 0.25) is 10.0 Å². The van der Waals surface area contributed by atoms with Crippen LogP contribution in [-0.2, 0) is 29.2 Å². The van der Waals surface area contributed by atoms with E-state index in [4.69, 9.17) is 27.9 Å². The third-order valence-corrected chi connectivity index (χ3v) is 6.81. The van der Waals surface area contributed by atoms with Crippen LogP contribution in [0.1, 0.15) is 37.9 Å². The monoisotopic (exact) mass is 497 g/mol. The van der Waals surface area contributed by atoms with Gasteiger partial charge in [-0.15, -0.1) is 5.10 Å². The second-order valence-corrected chi connectivity index (χ2v) is 9.72. The number of ether oxygens (including phenoxy) is 1. The van der Waals surface area contributed by atoms with Crippen molar-refractivity contribution in [2.45, 2.75) is 58.5 Å². The molecule has 2 aromatic rings. The molecule has 1 aromatic heterocycles. The van der Waals surface area contributed by atoms with Gasteiger partial charge in [0.25, 0.3) is 0 Å². The van der Waals surface area contributed by atoms with Crippen LogP contribution in [0, 0.1) is 5.92 Å². The third kappa shape index (κ3) is 7.13. The van der Waals surface area contributed by atoms with E-state index in [0.717, 1.165) is 11.3 Å². The van der Waals surface area contributed by atoms with Gasteiger partial charge in [0.2, 0.25) is 5.91 Å². The fourth-order valence-electron chi connectivity index (χ4n) is 4.07. The Hall–Kier alpha value is -1.71. The number of carbonyl (C=O) groups is 1. The SMILES string of the molecule is C[C@@H]1CN([C@@H](C)CO)C(=O)CCCn2nncc2CO[C@@H]1CN(C)Cc1ccc(Cl)c(Cl)c1. The number of hydrogen-bond donors (Lipinski definition) is 1. The number of aliphatic hydroxyl groups excluding tert-OH is 1. The molecular formula is C23H33Cl2N5O3. The van der Waals surface area contributed by atoms with E-state index in [1.165, 1.54) is 0 Å². The normalized spacial score (nSPS) is 21.4. The number of aromatic nitrogens is 3. The van der Waals surface area contributed by atoms with E-state index in [9.17, 15) is 9.90 Å². The number of hydrogen-bond acceptors (Lipinski definition) is 6. The Morgan fingerprint density at radius 3 is 2.85 bits per heavy atom.